The van der Waals surface area contributed by atoms with Crippen molar-refractivity contribution in [2.75, 3.05) is 52.4 Å². The van der Waals surface area contributed by atoms with Crippen molar-refractivity contribution in [3.05, 3.63) is 0 Å². The lowest BCUT2D eigenvalue weighted by molar-refractivity contribution is 0.191. The fourth-order valence-electron chi connectivity index (χ4n) is 2.76. The Balaban J connectivity index is 1.64. The molecule has 0 bridgehead atoms. The number of hydrogen-bond donors (Lipinski definition) is 1. The summed E-state index contributed by atoms with van der Waals surface area (Å²) in [5.74, 6) is 0.948. The second-order valence-electron chi connectivity index (χ2n) is 5.47. The summed E-state index contributed by atoms with van der Waals surface area (Å²) >= 11 is 0. The minimum atomic E-state index is 0.948. The minimum Gasteiger partial charge on any atom is -0.314 e. The van der Waals surface area contributed by atoms with Gasteiger partial charge in [-0.25, -0.2) is 0 Å². The quantitative estimate of drug-likeness (QED) is 0.773. The fraction of sp³-hybridized carbons (Fsp3) is 1.00. The van der Waals surface area contributed by atoms with Crippen LogP contribution in [0.25, 0.3) is 0 Å². The molecule has 2 rings (SSSR count). The van der Waals surface area contributed by atoms with Crippen LogP contribution in [0.2, 0.25) is 0 Å². The van der Waals surface area contributed by atoms with E-state index in [0.29, 0.717) is 0 Å². The molecule has 2 saturated heterocycles. The van der Waals surface area contributed by atoms with Gasteiger partial charge >= 0.3 is 0 Å². The second-order valence-corrected chi connectivity index (χ2v) is 5.47. The number of piperazine rings is 1. The third-order valence-corrected chi connectivity index (χ3v) is 4.05. The van der Waals surface area contributed by atoms with Gasteiger partial charge in [-0.05, 0) is 38.3 Å². The molecular formula is C13H27N3. The Morgan fingerprint density at radius 2 is 1.62 bits per heavy atom. The zero-order valence-electron chi connectivity index (χ0n) is 10.7. The van der Waals surface area contributed by atoms with Crippen molar-refractivity contribution in [3.8, 4) is 0 Å². The molecule has 2 aliphatic heterocycles. The van der Waals surface area contributed by atoms with Gasteiger partial charge in [0.15, 0.2) is 0 Å². The molecule has 16 heavy (non-hydrogen) atoms. The maximum atomic E-state index is 3.41. The molecule has 1 unspecified atom stereocenters. The van der Waals surface area contributed by atoms with Crippen LogP contribution in [0.4, 0.5) is 0 Å². The summed E-state index contributed by atoms with van der Waals surface area (Å²) in [6.45, 7) is 12.5. The van der Waals surface area contributed by atoms with Crippen LogP contribution in [-0.2, 0) is 0 Å². The van der Waals surface area contributed by atoms with E-state index in [4.69, 9.17) is 0 Å². The molecule has 0 aromatic carbocycles. The van der Waals surface area contributed by atoms with E-state index in [1.54, 1.807) is 0 Å². The van der Waals surface area contributed by atoms with Crippen molar-refractivity contribution in [2.24, 2.45) is 5.92 Å². The lowest BCUT2D eigenvalue weighted by atomic mass is 10.0. The molecule has 0 saturated carbocycles. The highest BCUT2D eigenvalue weighted by atomic mass is 15.2. The van der Waals surface area contributed by atoms with Gasteiger partial charge < -0.3 is 10.2 Å². The van der Waals surface area contributed by atoms with Gasteiger partial charge in [-0.15, -0.1) is 0 Å². The van der Waals surface area contributed by atoms with Crippen molar-refractivity contribution in [2.45, 2.75) is 26.2 Å². The molecule has 1 N–H and O–H groups in total. The SMILES string of the molecule is CC1CCCN(CCN2CCNCC2)CC1. The van der Waals surface area contributed by atoms with Crippen molar-refractivity contribution >= 4 is 0 Å². The maximum absolute atomic E-state index is 3.41. The summed E-state index contributed by atoms with van der Waals surface area (Å²) in [4.78, 5) is 5.27. The third-order valence-electron chi connectivity index (χ3n) is 4.05. The van der Waals surface area contributed by atoms with Crippen LogP contribution in [0.3, 0.4) is 0 Å². The van der Waals surface area contributed by atoms with E-state index >= 15 is 0 Å². The molecule has 2 aliphatic rings. The molecule has 1 atom stereocenters. The maximum Gasteiger partial charge on any atom is 0.0110 e. The van der Waals surface area contributed by atoms with Gasteiger partial charge in [0.05, 0.1) is 0 Å². The molecule has 0 aliphatic carbocycles. The van der Waals surface area contributed by atoms with Gasteiger partial charge in [-0.2, -0.15) is 0 Å². The average molecular weight is 225 g/mol. The number of hydrogen-bond acceptors (Lipinski definition) is 3. The first-order chi connectivity index (χ1) is 7.84. The molecule has 2 heterocycles. The Bertz CT molecular complexity index is 190. The van der Waals surface area contributed by atoms with Gasteiger partial charge in [0.2, 0.25) is 0 Å². The highest BCUT2D eigenvalue weighted by molar-refractivity contribution is 4.72. The normalized spacial score (nSPS) is 30.2. The molecule has 0 aromatic rings. The molecule has 0 spiro atoms. The molecule has 0 radical (unpaired) electrons. The van der Waals surface area contributed by atoms with Gasteiger partial charge in [0, 0.05) is 39.3 Å². The third kappa shape index (κ3) is 4.04. The smallest absolute Gasteiger partial charge is 0.0110 e. The largest absolute Gasteiger partial charge is 0.314 e. The summed E-state index contributed by atoms with van der Waals surface area (Å²) in [7, 11) is 0. The molecule has 3 nitrogen and oxygen atoms in total. The standard InChI is InChI=1S/C13H27N3/c1-13-3-2-7-15(8-4-13)11-12-16-9-5-14-6-10-16/h13-14H,2-12H2,1H3. The molecule has 3 heteroatoms. The Morgan fingerprint density at radius 3 is 2.38 bits per heavy atom. The van der Waals surface area contributed by atoms with E-state index in [2.05, 4.69) is 22.0 Å². The van der Waals surface area contributed by atoms with E-state index in [-0.39, 0.29) is 0 Å². The van der Waals surface area contributed by atoms with Crippen LogP contribution >= 0.6 is 0 Å². The van der Waals surface area contributed by atoms with Gasteiger partial charge in [-0.3, -0.25) is 4.90 Å². The first kappa shape index (κ1) is 12.3. The summed E-state index contributed by atoms with van der Waals surface area (Å²) < 4.78 is 0. The second kappa shape index (κ2) is 6.58. The highest BCUT2D eigenvalue weighted by Crippen LogP contribution is 2.16. The zero-order chi connectivity index (χ0) is 11.2. The van der Waals surface area contributed by atoms with Crippen molar-refractivity contribution in [1.82, 2.24) is 15.1 Å². The van der Waals surface area contributed by atoms with E-state index < -0.39 is 0 Å². The van der Waals surface area contributed by atoms with Crippen LogP contribution in [-0.4, -0.2) is 62.2 Å². The molecule has 94 valence electrons. The van der Waals surface area contributed by atoms with Crippen LogP contribution in [0.1, 0.15) is 26.2 Å². The lowest BCUT2D eigenvalue weighted by Crippen LogP contribution is -2.46. The zero-order valence-corrected chi connectivity index (χ0v) is 10.7. The number of rotatable bonds is 3. The predicted molar refractivity (Wildman–Crippen MR) is 68.8 cm³/mol. The monoisotopic (exact) mass is 225 g/mol. The van der Waals surface area contributed by atoms with Gasteiger partial charge in [0.1, 0.15) is 0 Å². The average Bonchev–Trinajstić information content (AvgIpc) is 2.53. The summed E-state index contributed by atoms with van der Waals surface area (Å²) in [6.07, 6.45) is 4.24. The minimum absolute atomic E-state index is 0.948. The first-order valence-corrected chi connectivity index (χ1v) is 7.00. The van der Waals surface area contributed by atoms with Crippen molar-refractivity contribution < 1.29 is 0 Å². The fourth-order valence-corrected chi connectivity index (χ4v) is 2.76. The van der Waals surface area contributed by atoms with E-state index in [1.165, 1.54) is 71.6 Å². The van der Waals surface area contributed by atoms with Crippen LogP contribution < -0.4 is 5.32 Å². The van der Waals surface area contributed by atoms with Crippen molar-refractivity contribution in [1.29, 1.82) is 0 Å². The Kier molecular flexibility index (Phi) is 5.07. The number of nitrogens with one attached hydrogen (secondary N) is 1. The van der Waals surface area contributed by atoms with Crippen LogP contribution in [0, 0.1) is 5.92 Å². The summed E-state index contributed by atoms with van der Waals surface area (Å²) in [6, 6.07) is 0. The van der Waals surface area contributed by atoms with E-state index in [0.717, 1.165) is 5.92 Å². The Labute approximate surface area is 100 Å². The van der Waals surface area contributed by atoms with Gasteiger partial charge in [-0.1, -0.05) is 6.92 Å². The lowest BCUT2D eigenvalue weighted by Gasteiger charge is -2.30. The summed E-state index contributed by atoms with van der Waals surface area (Å²) in [5, 5.41) is 3.41. The number of likely N-dealkylation sites (tertiary alicyclic amines) is 1. The van der Waals surface area contributed by atoms with Crippen LogP contribution in [0.15, 0.2) is 0 Å². The summed E-state index contributed by atoms with van der Waals surface area (Å²) in [5.41, 5.74) is 0. The Hall–Kier alpha value is -0.120. The predicted octanol–water partition coefficient (Wildman–Crippen LogP) is 1.01. The molecule has 0 amide bonds. The van der Waals surface area contributed by atoms with E-state index in [9.17, 15) is 0 Å². The Morgan fingerprint density at radius 1 is 0.938 bits per heavy atom. The van der Waals surface area contributed by atoms with Gasteiger partial charge in [0.25, 0.3) is 0 Å². The highest BCUT2D eigenvalue weighted by Gasteiger charge is 2.15. The molecule has 2 fully saturated rings. The number of nitrogens with zero attached hydrogens (tertiary/aromatic N) is 2. The topological polar surface area (TPSA) is 18.5 Å². The molecule has 0 aromatic heterocycles. The van der Waals surface area contributed by atoms with E-state index in [1.807, 2.05) is 0 Å². The first-order valence-electron chi connectivity index (χ1n) is 7.00. The van der Waals surface area contributed by atoms with Crippen molar-refractivity contribution in [3.63, 3.8) is 0 Å². The van der Waals surface area contributed by atoms with Crippen LogP contribution in [0.5, 0.6) is 0 Å². The molecular weight excluding hydrogens is 198 g/mol.